The molecule has 29 heavy (non-hydrogen) atoms. The van der Waals surface area contributed by atoms with Gasteiger partial charge in [-0.25, -0.2) is 4.98 Å². The van der Waals surface area contributed by atoms with Gasteiger partial charge in [-0.2, -0.15) is 0 Å². The molecule has 0 aliphatic heterocycles. The molecule has 0 saturated heterocycles. The Kier molecular flexibility index (Phi) is 8.27. The number of ether oxygens (including phenoxy) is 2. The van der Waals surface area contributed by atoms with Gasteiger partial charge in [-0.3, -0.25) is 4.79 Å². The average Bonchev–Trinajstić information content (AvgIpc) is 2.75. The maximum Gasteiger partial charge on any atom is 0.255 e. The zero-order valence-corrected chi connectivity index (χ0v) is 18.3. The molecule has 1 heterocycles. The zero-order valence-electron chi connectivity index (χ0n) is 18.3. The number of rotatable bonds is 10. The molecule has 1 amide bonds. The van der Waals surface area contributed by atoms with Crippen LogP contribution in [0.2, 0.25) is 0 Å². The monoisotopic (exact) mass is 400 g/mol. The molecule has 7 nitrogen and oxygen atoms in total. The minimum atomic E-state index is -0.127. The van der Waals surface area contributed by atoms with E-state index in [9.17, 15) is 4.79 Å². The van der Waals surface area contributed by atoms with Gasteiger partial charge in [-0.05, 0) is 43.4 Å². The Balaban J connectivity index is 2.31. The fourth-order valence-electron chi connectivity index (χ4n) is 3.09. The van der Waals surface area contributed by atoms with Crippen LogP contribution in [0.1, 0.15) is 24.2 Å². The van der Waals surface area contributed by atoms with E-state index in [1.54, 1.807) is 14.2 Å². The minimum Gasteiger partial charge on any atom is -0.497 e. The normalized spacial score (nSPS) is 10.7. The molecule has 0 aliphatic carbocycles. The van der Waals surface area contributed by atoms with Gasteiger partial charge in [0.1, 0.15) is 17.3 Å². The Morgan fingerprint density at radius 2 is 1.79 bits per heavy atom. The van der Waals surface area contributed by atoms with Gasteiger partial charge in [0.15, 0.2) is 0 Å². The molecule has 0 spiro atoms. The van der Waals surface area contributed by atoms with Crippen LogP contribution < -0.4 is 19.7 Å². The number of hydrogen-bond donors (Lipinski definition) is 1. The van der Waals surface area contributed by atoms with Crippen molar-refractivity contribution < 1.29 is 14.3 Å². The number of carbonyl (C=O) groups excluding carboxylic acids is 1. The van der Waals surface area contributed by atoms with Crippen molar-refractivity contribution in [2.45, 2.75) is 13.8 Å². The molecule has 0 fully saturated rings. The van der Waals surface area contributed by atoms with E-state index in [0.29, 0.717) is 35.1 Å². The number of anilines is 1. The number of amides is 1. The van der Waals surface area contributed by atoms with Crippen LogP contribution in [0.3, 0.4) is 0 Å². The Morgan fingerprint density at radius 3 is 2.38 bits per heavy atom. The van der Waals surface area contributed by atoms with Gasteiger partial charge >= 0.3 is 0 Å². The van der Waals surface area contributed by atoms with E-state index in [4.69, 9.17) is 14.5 Å². The van der Waals surface area contributed by atoms with Crippen molar-refractivity contribution in [3.8, 4) is 22.8 Å². The Hall–Kier alpha value is -2.80. The van der Waals surface area contributed by atoms with Gasteiger partial charge in [0.25, 0.3) is 5.91 Å². The van der Waals surface area contributed by atoms with Crippen molar-refractivity contribution in [3.63, 3.8) is 0 Å². The summed E-state index contributed by atoms with van der Waals surface area (Å²) >= 11 is 0. The second kappa shape index (κ2) is 10.7. The fraction of sp³-hybridized carbons (Fsp3) is 0.455. The Labute approximate surface area is 173 Å². The van der Waals surface area contributed by atoms with Crippen LogP contribution in [-0.2, 0) is 0 Å². The third-order valence-corrected chi connectivity index (χ3v) is 4.83. The second-order valence-electron chi connectivity index (χ2n) is 6.81. The first-order chi connectivity index (χ1) is 13.9. The highest BCUT2D eigenvalue weighted by molar-refractivity contribution is 5.99. The van der Waals surface area contributed by atoms with Crippen molar-refractivity contribution in [1.82, 2.24) is 15.2 Å². The van der Waals surface area contributed by atoms with Crippen LogP contribution in [0, 0.1) is 0 Å². The lowest BCUT2D eigenvalue weighted by Gasteiger charge is -2.20. The molecule has 1 aromatic carbocycles. The highest BCUT2D eigenvalue weighted by atomic mass is 16.5. The molecule has 7 heteroatoms. The van der Waals surface area contributed by atoms with Crippen LogP contribution in [0.25, 0.3) is 11.3 Å². The van der Waals surface area contributed by atoms with E-state index in [1.807, 2.05) is 49.3 Å². The molecular formula is C22H32N4O3. The number of nitrogens with one attached hydrogen (secondary N) is 1. The SMILES string of the molecule is CCN(CC)CCNC(=O)c1ccc(-c2cc(OC)ccc2OC)nc1N(C)C. The lowest BCUT2D eigenvalue weighted by atomic mass is 10.1. The van der Waals surface area contributed by atoms with Crippen molar-refractivity contribution in [2.75, 3.05) is 59.4 Å². The van der Waals surface area contributed by atoms with Gasteiger partial charge < -0.3 is 24.6 Å². The summed E-state index contributed by atoms with van der Waals surface area (Å²) in [7, 11) is 7.00. The summed E-state index contributed by atoms with van der Waals surface area (Å²) in [5, 5.41) is 3.00. The molecular weight excluding hydrogens is 368 g/mol. The number of benzene rings is 1. The van der Waals surface area contributed by atoms with E-state index < -0.39 is 0 Å². The summed E-state index contributed by atoms with van der Waals surface area (Å²) < 4.78 is 10.8. The van der Waals surface area contributed by atoms with Gasteiger partial charge in [-0.1, -0.05) is 13.8 Å². The number of aromatic nitrogens is 1. The highest BCUT2D eigenvalue weighted by Crippen LogP contribution is 2.33. The van der Waals surface area contributed by atoms with Crippen LogP contribution in [0.5, 0.6) is 11.5 Å². The number of nitrogens with zero attached hydrogens (tertiary/aromatic N) is 3. The smallest absolute Gasteiger partial charge is 0.255 e. The molecule has 0 saturated carbocycles. The summed E-state index contributed by atoms with van der Waals surface area (Å²) in [6, 6.07) is 9.21. The molecule has 1 aromatic heterocycles. The summed E-state index contributed by atoms with van der Waals surface area (Å²) in [4.78, 5) is 21.6. The second-order valence-corrected chi connectivity index (χ2v) is 6.81. The van der Waals surface area contributed by atoms with Crippen molar-refractivity contribution >= 4 is 11.7 Å². The first kappa shape index (κ1) is 22.5. The largest absolute Gasteiger partial charge is 0.497 e. The molecule has 1 N–H and O–H groups in total. The van der Waals surface area contributed by atoms with Crippen LogP contribution in [0.15, 0.2) is 30.3 Å². The van der Waals surface area contributed by atoms with E-state index in [2.05, 4.69) is 24.1 Å². The molecule has 2 rings (SSSR count). The van der Waals surface area contributed by atoms with Crippen molar-refractivity contribution in [1.29, 1.82) is 0 Å². The first-order valence-electron chi connectivity index (χ1n) is 9.86. The molecule has 0 unspecified atom stereocenters. The summed E-state index contributed by atoms with van der Waals surface area (Å²) in [6.07, 6.45) is 0. The number of pyridine rings is 1. The molecule has 158 valence electrons. The van der Waals surface area contributed by atoms with Crippen molar-refractivity contribution in [3.05, 3.63) is 35.9 Å². The van der Waals surface area contributed by atoms with E-state index in [1.165, 1.54) is 0 Å². The van der Waals surface area contributed by atoms with Gasteiger partial charge in [-0.15, -0.1) is 0 Å². The molecule has 2 aromatic rings. The third-order valence-electron chi connectivity index (χ3n) is 4.83. The number of carbonyl (C=O) groups is 1. The number of methoxy groups -OCH3 is 2. The van der Waals surface area contributed by atoms with E-state index >= 15 is 0 Å². The molecule has 0 bridgehead atoms. The zero-order chi connectivity index (χ0) is 21.4. The first-order valence-corrected chi connectivity index (χ1v) is 9.86. The fourth-order valence-corrected chi connectivity index (χ4v) is 3.09. The highest BCUT2D eigenvalue weighted by Gasteiger charge is 2.18. The lowest BCUT2D eigenvalue weighted by molar-refractivity contribution is 0.0949. The quantitative estimate of drug-likeness (QED) is 0.662. The van der Waals surface area contributed by atoms with Crippen molar-refractivity contribution in [2.24, 2.45) is 0 Å². The topological polar surface area (TPSA) is 66.9 Å². The standard InChI is InChI=1S/C22H32N4O3/c1-7-26(8-2)14-13-23-22(27)17-10-11-19(24-21(17)25(3)4)18-15-16(28-5)9-12-20(18)29-6/h9-12,15H,7-8,13-14H2,1-6H3,(H,23,27). The lowest BCUT2D eigenvalue weighted by Crippen LogP contribution is -2.35. The minimum absolute atomic E-state index is 0.127. The molecule has 0 atom stereocenters. The predicted octanol–water partition coefficient (Wildman–Crippen LogP) is 2.90. The Morgan fingerprint density at radius 1 is 1.07 bits per heavy atom. The van der Waals surface area contributed by atoms with Crippen LogP contribution >= 0.6 is 0 Å². The maximum atomic E-state index is 12.8. The number of likely N-dealkylation sites (N-methyl/N-ethyl adjacent to an activating group) is 1. The number of hydrogen-bond acceptors (Lipinski definition) is 6. The van der Waals surface area contributed by atoms with E-state index in [0.717, 1.165) is 25.2 Å². The summed E-state index contributed by atoms with van der Waals surface area (Å²) in [6.45, 7) is 7.58. The van der Waals surface area contributed by atoms with Gasteiger partial charge in [0.2, 0.25) is 0 Å². The molecule has 0 radical (unpaired) electrons. The Bertz CT molecular complexity index is 820. The average molecular weight is 401 g/mol. The van der Waals surface area contributed by atoms with Crippen LogP contribution in [-0.4, -0.2) is 70.3 Å². The van der Waals surface area contributed by atoms with Crippen LogP contribution in [0.4, 0.5) is 5.82 Å². The summed E-state index contributed by atoms with van der Waals surface area (Å²) in [5.41, 5.74) is 2.06. The van der Waals surface area contributed by atoms with Gasteiger partial charge in [0, 0.05) is 32.7 Å². The van der Waals surface area contributed by atoms with E-state index in [-0.39, 0.29) is 5.91 Å². The molecule has 0 aliphatic rings. The van der Waals surface area contributed by atoms with Gasteiger partial charge in [0.05, 0.1) is 25.5 Å². The summed E-state index contributed by atoms with van der Waals surface area (Å²) in [5.74, 6) is 1.89. The third kappa shape index (κ3) is 5.60. The predicted molar refractivity (Wildman–Crippen MR) is 117 cm³/mol. The maximum absolute atomic E-state index is 12.8.